The van der Waals surface area contributed by atoms with Gasteiger partial charge in [0.1, 0.15) is 5.75 Å². The van der Waals surface area contributed by atoms with Gasteiger partial charge in [-0.2, -0.15) is 0 Å². The molecule has 0 aliphatic rings. The Kier molecular flexibility index (Phi) is 4.24. The number of fused-ring (bicyclic) bond motifs is 1. The molecular weight excluding hydrogens is 306 g/mol. The largest absolute Gasteiger partial charge is 0.427 e. The summed E-state index contributed by atoms with van der Waals surface area (Å²) in [4.78, 5) is 35.8. The third kappa shape index (κ3) is 3.25. The second kappa shape index (κ2) is 6.50. The van der Waals surface area contributed by atoms with Crippen LogP contribution in [0.4, 0.5) is 0 Å². The average molecular weight is 321 g/mol. The molecule has 0 aliphatic carbocycles. The molecule has 0 N–H and O–H groups in total. The molecule has 5 heteroatoms. The van der Waals surface area contributed by atoms with Crippen molar-refractivity contribution in [2.75, 3.05) is 0 Å². The second-order valence-corrected chi connectivity index (χ2v) is 5.36. The third-order valence-corrected chi connectivity index (χ3v) is 3.62. The lowest BCUT2D eigenvalue weighted by atomic mass is 10.1. The van der Waals surface area contributed by atoms with Crippen molar-refractivity contribution in [3.8, 4) is 5.75 Å². The fourth-order valence-electron chi connectivity index (χ4n) is 2.52. The minimum Gasteiger partial charge on any atom is -0.427 e. The van der Waals surface area contributed by atoms with Gasteiger partial charge in [-0.05, 0) is 23.6 Å². The minimum atomic E-state index is -0.445. The summed E-state index contributed by atoms with van der Waals surface area (Å²) in [5.41, 5.74) is 0.801. The van der Waals surface area contributed by atoms with Crippen molar-refractivity contribution in [1.82, 2.24) is 4.57 Å². The quantitative estimate of drug-likeness (QED) is 0.421. The molecule has 0 radical (unpaired) electrons. The van der Waals surface area contributed by atoms with Gasteiger partial charge in [-0.25, -0.2) is 0 Å². The highest BCUT2D eigenvalue weighted by molar-refractivity contribution is 5.96. The highest BCUT2D eigenvalue weighted by Gasteiger charge is 2.11. The Balaban J connectivity index is 2.05. The van der Waals surface area contributed by atoms with Crippen LogP contribution in [0.1, 0.15) is 17.3 Å². The zero-order valence-corrected chi connectivity index (χ0v) is 13.1. The standard InChI is InChI=1S/C19H15NO4/c1-13(21)24-16-9-7-14-8-10-19(23)20(17(14)11-16)12-18(22)15-5-3-2-4-6-15/h2-11H,12H2,1H3. The van der Waals surface area contributed by atoms with Crippen LogP contribution < -0.4 is 10.3 Å². The van der Waals surface area contributed by atoms with E-state index < -0.39 is 5.97 Å². The molecule has 0 unspecified atom stereocenters. The van der Waals surface area contributed by atoms with Gasteiger partial charge >= 0.3 is 5.97 Å². The number of nitrogens with zero attached hydrogens (tertiary/aromatic N) is 1. The number of carbonyl (C=O) groups is 2. The molecule has 0 spiro atoms. The Morgan fingerprint density at radius 1 is 1.00 bits per heavy atom. The van der Waals surface area contributed by atoms with E-state index in [9.17, 15) is 14.4 Å². The van der Waals surface area contributed by atoms with Crippen molar-refractivity contribution >= 4 is 22.7 Å². The lowest BCUT2D eigenvalue weighted by molar-refractivity contribution is -0.131. The predicted molar refractivity (Wildman–Crippen MR) is 90.3 cm³/mol. The van der Waals surface area contributed by atoms with Crippen LogP contribution in [0, 0.1) is 0 Å². The van der Waals surface area contributed by atoms with Crippen molar-refractivity contribution in [2.45, 2.75) is 13.5 Å². The number of pyridine rings is 1. The highest BCUT2D eigenvalue weighted by Crippen LogP contribution is 2.20. The average Bonchev–Trinajstić information content (AvgIpc) is 2.57. The maximum Gasteiger partial charge on any atom is 0.308 e. The molecule has 24 heavy (non-hydrogen) atoms. The molecule has 120 valence electrons. The molecule has 0 atom stereocenters. The van der Waals surface area contributed by atoms with Gasteiger partial charge in [0.25, 0.3) is 5.56 Å². The van der Waals surface area contributed by atoms with Gasteiger partial charge < -0.3 is 9.30 Å². The third-order valence-electron chi connectivity index (χ3n) is 3.62. The number of ether oxygens (including phenoxy) is 1. The number of rotatable bonds is 4. The van der Waals surface area contributed by atoms with Crippen LogP contribution in [-0.2, 0) is 11.3 Å². The van der Waals surface area contributed by atoms with Gasteiger partial charge in [0.05, 0.1) is 12.1 Å². The number of Topliss-reactive ketones (excluding diaryl/α,β-unsaturated/α-hetero) is 1. The van der Waals surface area contributed by atoms with Gasteiger partial charge in [0.2, 0.25) is 0 Å². The molecule has 3 aromatic rings. The highest BCUT2D eigenvalue weighted by atomic mass is 16.5. The zero-order chi connectivity index (χ0) is 17.1. The molecule has 0 bridgehead atoms. The van der Waals surface area contributed by atoms with Crippen molar-refractivity contribution in [1.29, 1.82) is 0 Å². The molecule has 5 nitrogen and oxygen atoms in total. The normalized spacial score (nSPS) is 10.5. The first kappa shape index (κ1) is 15.7. The Labute approximate surface area is 138 Å². The van der Waals surface area contributed by atoms with E-state index in [1.54, 1.807) is 48.5 Å². The fourth-order valence-corrected chi connectivity index (χ4v) is 2.52. The number of hydrogen-bond donors (Lipinski definition) is 0. The fraction of sp³-hybridized carbons (Fsp3) is 0.105. The van der Waals surface area contributed by atoms with Crippen LogP contribution in [0.25, 0.3) is 10.9 Å². The van der Waals surface area contributed by atoms with Crippen molar-refractivity contribution in [2.24, 2.45) is 0 Å². The van der Waals surface area contributed by atoms with Gasteiger partial charge in [-0.15, -0.1) is 0 Å². The predicted octanol–water partition coefficient (Wildman–Crippen LogP) is 2.81. The van der Waals surface area contributed by atoms with E-state index in [0.29, 0.717) is 16.8 Å². The van der Waals surface area contributed by atoms with Crippen LogP contribution in [0.15, 0.2) is 65.5 Å². The van der Waals surface area contributed by atoms with Crippen LogP contribution in [-0.4, -0.2) is 16.3 Å². The molecular formula is C19H15NO4. The molecule has 0 amide bonds. The molecule has 0 aliphatic heterocycles. The van der Waals surface area contributed by atoms with E-state index in [-0.39, 0.29) is 17.9 Å². The van der Waals surface area contributed by atoms with E-state index in [1.807, 2.05) is 6.07 Å². The van der Waals surface area contributed by atoms with E-state index in [4.69, 9.17) is 4.74 Å². The van der Waals surface area contributed by atoms with Crippen LogP contribution >= 0.6 is 0 Å². The monoisotopic (exact) mass is 321 g/mol. The van der Waals surface area contributed by atoms with E-state index in [2.05, 4.69) is 0 Å². The molecule has 0 saturated carbocycles. The van der Waals surface area contributed by atoms with Gasteiger partial charge in [0, 0.05) is 24.6 Å². The van der Waals surface area contributed by atoms with Gasteiger partial charge in [0.15, 0.2) is 5.78 Å². The number of carbonyl (C=O) groups excluding carboxylic acids is 2. The number of esters is 1. The SMILES string of the molecule is CC(=O)Oc1ccc2ccc(=O)n(CC(=O)c3ccccc3)c2c1. The summed E-state index contributed by atoms with van der Waals surface area (Å²) < 4.78 is 6.45. The molecule has 1 aromatic heterocycles. The van der Waals surface area contributed by atoms with Gasteiger partial charge in [-0.3, -0.25) is 14.4 Å². The molecule has 0 fully saturated rings. The smallest absolute Gasteiger partial charge is 0.308 e. The van der Waals surface area contributed by atoms with Crippen molar-refractivity contribution < 1.29 is 14.3 Å². The zero-order valence-electron chi connectivity index (χ0n) is 13.1. The summed E-state index contributed by atoms with van der Waals surface area (Å²) in [5, 5.41) is 0.784. The van der Waals surface area contributed by atoms with Crippen LogP contribution in [0.3, 0.4) is 0 Å². The van der Waals surface area contributed by atoms with E-state index in [0.717, 1.165) is 5.39 Å². The molecule has 0 saturated heterocycles. The molecule has 1 heterocycles. The summed E-state index contributed by atoms with van der Waals surface area (Å²) in [6.07, 6.45) is 0. The Hall–Kier alpha value is -3.21. The summed E-state index contributed by atoms with van der Waals surface area (Å²) in [6, 6.07) is 16.9. The van der Waals surface area contributed by atoms with Gasteiger partial charge in [-0.1, -0.05) is 30.3 Å². The lowest BCUT2D eigenvalue weighted by Crippen LogP contribution is -2.24. The van der Waals surface area contributed by atoms with Crippen LogP contribution in [0.5, 0.6) is 5.75 Å². The topological polar surface area (TPSA) is 65.4 Å². The Morgan fingerprint density at radius 3 is 2.42 bits per heavy atom. The van der Waals surface area contributed by atoms with E-state index in [1.165, 1.54) is 17.6 Å². The first-order chi connectivity index (χ1) is 11.5. The first-order valence-electron chi connectivity index (χ1n) is 7.45. The number of ketones is 1. The second-order valence-electron chi connectivity index (χ2n) is 5.36. The Bertz CT molecular complexity index is 974. The molecule has 2 aromatic carbocycles. The summed E-state index contributed by atoms with van der Waals surface area (Å²) >= 11 is 0. The number of hydrogen-bond acceptors (Lipinski definition) is 4. The maximum atomic E-state index is 12.4. The molecule has 3 rings (SSSR count). The van der Waals surface area contributed by atoms with Crippen LogP contribution in [0.2, 0.25) is 0 Å². The minimum absolute atomic E-state index is 0.0797. The van der Waals surface area contributed by atoms with Crippen molar-refractivity contribution in [3.05, 3.63) is 76.6 Å². The summed E-state index contributed by atoms with van der Waals surface area (Å²) in [6.45, 7) is 1.23. The maximum absolute atomic E-state index is 12.4. The van der Waals surface area contributed by atoms with Crippen molar-refractivity contribution in [3.63, 3.8) is 0 Å². The number of aromatic nitrogens is 1. The first-order valence-corrected chi connectivity index (χ1v) is 7.45. The Morgan fingerprint density at radius 2 is 1.71 bits per heavy atom. The number of benzene rings is 2. The van der Waals surface area contributed by atoms with E-state index >= 15 is 0 Å². The summed E-state index contributed by atoms with van der Waals surface area (Å²) in [7, 11) is 0. The summed E-state index contributed by atoms with van der Waals surface area (Å²) in [5.74, 6) is -0.274. The lowest BCUT2D eigenvalue weighted by Gasteiger charge is -2.11.